The fourth-order valence-electron chi connectivity index (χ4n) is 2.23. The molecule has 0 aromatic heterocycles. The summed E-state index contributed by atoms with van der Waals surface area (Å²) in [6.07, 6.45) is 0.868. The second-order valence-corrected chi connectivity index (χ2v) is 4.35. The predicted octanol–water partition coefficient (Wildman–Crippen LogP) is 2.43. The third-order valence-electron chi connectivity index (χ3n) is 3.11. The van der Waals surface area contributed by atoms with Gasteiger partial charge in [0.2, 0.25) is 0 Å². The molecule has 0 bridgehead atoms. The molecule has 2 aromatic carbocycles. The van der Waals surface area contributed by atoms with Gasteiger partial charge in [0, 0.05) is 17.7 Å². The number of hydrogen-bond acceptors (Lipinski definition) is 3. The van der Waals surface area contributed by atoms with Crippen LogP contribution in [0.2, 0.25) is 0 Å². The molecule has 0 unspecified atom stereocenters. The van der Waals surface area contributed by atoms with Gasteiger partial charge in [-0.15, -0.1) is 0 Å². The van der Waals surface area contributed by atoms with E-state index in [1.807, 2.05) is 12.1 Å². The molecule has 0 aliphatic carbocycles. The topological polar surface area (TPSA) is 52.3 Å². The number of carbonyl (C=O) groups is 1. The van der Waals surface area contributed by atoms with Gasteiger partial charge in [-0.1, -0.05) is 24.3 Å². The van der Waals surface area contributed by atoms with Crippen LogP contribution >= 0.6 is 0 Å². The standard InChI is InChI=1S/C15H13NO2/c16-12-5-1-4-11(9-12)14(17)13-6-2-3-10-7-8-18-15(10)13/h1-6,9H,7-8,16H2. The molecule has 18 heavy (non-hydrogen) atoms. The number of carbonyl (C=O) groups excluding carboxylic acids is 1. The van der Waals surface area contributed by atoms with Crippen molar-refractivity contribution >= 4 is 11.5 Å². The van der Waals surface area contributed by atoms with E-state index in [1.165, 1.54) is 0 Å². The molecule has 0 fully saturated rings. The molecule has 3 rings (SSSR count). The van der Waals surface area contributed by atoms with Crippen LogP contribution in [0.3, 0.4) is 0 Å². The average Bonchev–Trinajstić information content (AvgIpc) is 2.86. The van der Waals surface area contributed by atoms with E-state index in [-0.39, 0.29) is 5.78 Å². The van der Waals surface area contributed by atoms with Crippen molar-refractivity contribution in [1.82, 2.24) is 0 Å². The highest BCUT2D eigenvalue weighted by Gasteiger charge is 2.21. The number of anilines is 1. The van der Waals surface area contributed by atoms with Crippen LogP contribution in [0.5, 0.6) is 5.75 Å². The molecule has 1 heterocycles. The first-order valence-corrected chi connectivity index (χ1v) is 5.90. The van der Waals surface area contributed by atoms with Gasteiger partial charge >= 0.3 is 0 Å². The van der Waals surface area contributed by atoms with Crippen LogP contribution in [0.1, 0.15) is 21.5 Å². The summed E-state index contributed by atoms with van der Waals surface area (Å²) in [7, 11) is 0. The smallest absolute Gasteiger partial charge is 0.196 e. The van der Waals surface area contributed by atoms with Gasteiger partial charge in [0.25, 0.3) is 0 Å². The molecular weight excluding hydrogens is 226 g/mol. The number of rotatable bonds is 2. The van der Waals surface area contributed by atoms with Crippen LogP contribution in [0.25, 0.3) is 0 Å². The second kappa shape index (κ2) is 4.18. The first-order valence-electron chi connectivity index (χ1n) is 5.90. The number of ketones is 1. The van der Waals surface area contributed by atoms with Crippen molar-refractivity contribution in [3.8, 4) is 5.75 Å². The van der Waals surface area contributed by atoms with Crippen LogP contribution in [0.4, 0.5) is 5.69 Å². The SMILES string of the molecule is Nc1cccc(C(=O)c2cccc3c2OCC3)c1. The van der Waals surface area contributed by atoms with E-state index < -0.39 is 0 Å². The number of hydrogen-bond donors (Lipinski definition) is 1. The summed E-state index contributed by atoms with van der Waals surface area (Å²) in [4.78, 5) is 12.4. The summed E-state index contributed by atoms with van der Waals surface area (Å²) < 4.78 is 5.55. The van der Waals surface area contributed by atoms with E-state index in [0.717, 1.165) is 17.7 Å². The van der Waals surface area contributed by atoms with Crippen LogP contribution in [-0.4, -0.2) is 12.4 Å². The Hall–Kier alpha value is -2.29. The maximum Gasteiger partial charge on any atom is 0.196 e. The molecule has 3 heteroatoms. The largest absolute Gasteiger partial charge is 0.492 e. The van der Waals surface area contributed by atoms with Gasteiger partial charge in [-0.2, -0.15) is 0 Å². The molecule has 3 nitrogen and oxygen atoms in total. The molecule has 90 valence electrons. The zero-order chi connectivity index (χ0) is 12.5. The summed E-state index contributed by atoms with van der Waals surface area (Å²) >= 11 is 0. The lowest BCUT2D eigenvalue weighted by Gasteiger charge is -2.07. The first-order chi connectivity index (χ1) is 8.75. The quantitative estimate of drug-likeness (QED) is 0.647. The van der Waals surface area contributed by atoms with Crippen molar-refractivity contribution in [3.63, 3.8) is 0 Å². The van der Waals surface area contributed by atoms with Gasteiger partial charge in [0.15, 0.2) is 5.78 Å². The van der Waals surface area contributed by atoms with Gasteiger partial charge in [0.1, 0.15) is 5.75 Å². The third-order valence-corrected chi connectivity index (χ3v) is 3.11. The monoisotopic (exact) mass is 239 g/mol. The molecule has 2 aromatic rings. The minimum Gasteiger partial charge on any atom is -0.492 e. The van der Waals surface area contributed by atoms with Gasteiger partial charge in [-0.3, -0.25) is 4.79 Å². The molecule has 1 aliphatic heterocycles. The highest BCUT2D eigenvalue weighted by atomic mass is 16.5. The molecule has 0 atom stereocenters. The molecular formula is C15H13NO2. The predicted molar refractivity (Wildman–Crippen MR) is 69.9 cm³/mol. The Bertz CT molecular complexity index is 620. The maximum atomic E-state index is 12.4. The Balaban J connectivity index is 2.06. The zero-order valence-corrected chi connectivity index (χ0v) is 9.85. The maximum absolute atomic E-state index is 12.4. The molecule has 0 radical (unpaired) electrons. The summed E-state index contributed by atoms with van der Waals surface area (Å²) in [5.41, 5.74) is 8.61. The lowest BCUT2D eigenvalue weighted by atomic mass is 9.99. The average molecular weight is 239 g/mol. The molecule has 2 N–H and O–H groups in total. The van der Waals surface area contributed by atoms with Crippen molar-refractivity contribution < 1.29 is 9.53 Å². The Morgan fingerprint density at radius 2 is 2.00 bits per heavy atom. The van der Waals surface area contributed by atoms with Crippen LogP contribution in [-0.2, 0) is 6.42 Å². The Labute approximate surface area is 105 Å². The number of ether oxygens (including phenoxy) is 1. The number of nitrogens with two attached hydrogens (primary N) is 1. The fraction of sp³-hybridized carbons (Fsp3) is 0.133. The highest BCUT2D eigenvalue weighted by molar-refractivity contribution is 6.11. The Morgan fingerprint density at radius 3 is 2.83 bits per heavy atom. The van der Waals surface area contributed by atoms with E-state index in [4.69, 9.17) is 10.5 Å². The summed E-state index contributed by atoms with van der Waals surface area (Å²) in [6.45, 7) is 0.649. The van der Waals surface area contributed by atoms with Gasteiger partial charge in [-0.25, -0.2) is 0 Å². The third kappa shape index (κ3) is 1.74. The fourth-order valence-corrected chi connectivity index (χ4v) is 2.23. The number of benzene rings is 2. The lowest BCUT2D eigenvalue weighted by molar-refractivity contribution is 0.103. The first kappa shape index (κ1) is 10.8. The molecule has 0 saturated carbocycles. The zero-order valence-electron chi connectivity index (χ0n) is 9.85. The number of nitrogen functional groups attached to an aromatic ring is 1. The molecule has 1 aliphatic rings. The van der Waals surface area contributed by atoms with E-state index >= 15 is 0 Å². The van der Waals surface area contributed by atoms with Crippen molar-refractivity contribution in [2.75, 3.05) is 12.3 Å². The summed E-state index contributed by atoms with van der Waals surface area (Å²) in [5, 5.41) is 0. The van der Waals surface area contributed by atoms with Gasteiger partial charge < -0.3 is 10.5 Å². The van der Waals surface area contributed by atoms with Crippen LogP contribution < -0.4 is 10.5 Å². The highest BCUT2D eigenvalue weighted by Crippen LogP contribution is 2.31. The Morgan fingerprint density at radius 1 is 1.17 bits per heavy atom. The summed E-state index contributed by atoms with van der Waals surface area (Å²) in [6, 6.07) is 12.7. The van der Waals surface area contributed by atoms with E-state index in [0.29, 0.717) is 23.4 Å². The van der Waals surface area contributed by atoms with Crippen molar-refractivity contribution in [3.05, 3.63) is 59.2 Å². The van der Waals surface area contributed by atoms with Crippen molar-refractivity contribution in [2.45, 2.75) is 6.42 Å². The van der Waals surface area contributed by atoms with E-state index in [1.54, 1.807) is 30.3 Å². The van der Waals surface area contributed by atoms with Crippen LogP contribution in [0, 0.1) is 0 Å². The summed E-state index contributed by atoms with van der Waals surface area (Å²) in [5.74, 6) is 0.686. The van der Waals surface area contributed by atoms with E-state index in [2.05, 4.69) is 0 Å². The Kier molecular flexibility index (Phi) is 2.52. The van der Waals surface area contributed by atoms with Gasteiger partial charge in [-0.05, 0) is 23.8 Å². The second-order valence-electron chi connectivity index (χ2n) is 4.35. The van der Waals surface area contributed by atoms with E-state index in [9.17, 15) is 4.79 Å². The van der Waals surface area contributed by atoms with Gasteiger partial charge in [0.05, 0.1) is 12.2 Å². The van der Waals surface area contributed by atoms with Crippen LogP contribution in [0.15, 0.2) is 42.5 Å². The van der Waals surface area contributed by atoms with Crippen molar-refractivity contribution in [2.24, 2.45) is 0 Å². The normalized spacial score (nSPS) is 12.9. The minimum atomic E-state index is -0.0407. The minimum absolute atomic E-state index is 0.0407. The number of para-hydroxylation sites is 1. The molecule has 0 amide bonds. The molecule has 0 spiro atoms. The van der Waals surface area contributed by atoms with Crippen molar-refractivity contribution in [1.29, 1.82) is 0 Å². The lowest BCUT2D eigenvalue weighted by Crippen LogP contribution is -2.04. The molecule has 0 saturated heterocycles. The number of fused-ring (bicyclic) bond motifs is 1.